The molecule has 2 atom stereocenters. The monoisotopic (exact) mass is 508 g/mol. The summed E-state index contributed by atoms with van der Waals surface area (Å²) in [5, 5.41) is 0. The number of carbonyl (C=O) groups excluding carboxylic acids is 1. The third-order valence-electron chi connectivity index (χ3n) is 4.21. The van der Waals surface area contributed by atoms with Crippen molar-refractivity contribution in [2.24, 2.45) is 5.92 Å². The Labute approximate surface area is 170 Å². The zero-order chi connectivity index (χ0) is 17.9. The van der Waals surface area contributed by atoms with E-state index in [4.69, 9.17) is 4.74 Å². The Balaban J connectivity index is 1.87. The van der Waals surface area contributed by atoms with Crippen LogP contribution in [0.2, 0.25) is 0 Å². The molecule has 1 aliphatic rings. The Hall–Kier alpha value is -1.40. The first-order valence-corrected chi connectivity index (χ1v) is 9.89. The first kappa shape index (κ1) is 18.4. The molecule has 0 spiro atoms. The molecule has 2 unspecified atom stereocenters. The molecule has 1 aliphatic carbocycles. The molecular formula is C21H18BrIO2. The summed E-state index contributed by atoms with van der Waals surface area (Å²) in [6, 6.07) is 18.0. The minimum atomic E-state index is -0.545. The van der Waals surface area contributed by atoms with Crippen molar-refractivity contribution in [1.29, 1.82) is 0 Å². The van der Waals surface area contributed by atoms with Gasteiger partial charge < -0.3 is 4.74 Å². The van der Waals surface area contributed by atoms with Gasteiger partial charge in [0.25, 0.3) is 0 Å². The van der Waals surface area contributed by atoms with Crippen LogP contribution in [0.1, 0.15) is 18.1 Å². The van der Waals surface area contributed by atoms with Gasteiger partial charge in [-0.2, -0.15) is 0 Å². The van der Waals surface area contributed by atoms with Crippen molar-refractivity contribution in [1.82, 2.24) is 0 Å². The maximum atomic E-state index is 12.1. The first-order valence-electron chi connectivity index (χ1n) is 8.02. The standard InChI is InChI=1S/C21H18BrIO2/c1-15(24)20-11-10-18(23)13-21(20,22)17-8-5-9-19(12-17)25-14-16-6-3-2-4-7-16/h2-13,20H,14H2,1H3. The fraction of sp³-hybridized carbons (Fsp3) is 0.190. The molecular weight excluding hydrogens is 491 g/mol. The second-order valence-corrected chi connectivity index (χ2v) is 8.60. The van der Waals surface area contributed by atoms with E-state index < -0.39 is 4.32 Å². The van der Waals surface area contributed by atoms with Crippen molar-refractivity contribution < 1.29 is 9.53 Å². The smallest absolute Gasteiger partial charge is 0.138 e. The summed E-state index contributed by atoms with van der Waals surface area (Å²) >= 11 is 6.11. The van der Waals surface area contributed by atoms with Crippen molar-refractivity contribution >= 4 is 44.3 Å². The summed E-state index contributed by atoms with van der Waals surface area (Å²) in [7, 11) is 0. The molecule has 2 aromatic rings. The number of allylic oxidation sites excluding steroid dienone is 4. The van der Waals surface area contributed by atoms with E-state index in [1.165, 1.54) is 0 Å². The van der Waals surface area contributed by atoms with E-state index in [2.05, 4.69) is 44.6 Å². The van der Waals surface area contributed by atoms with Crippen LogP contribution < -0.4 is 4.74 Å². The van der Waals surface area contributed by atoms with Crippen LogP contribution in [0.15, 0.2) is 76.4 Å². The highest BCUT2D eigenvalue weighted by Gasteiger charge is 2.39. The fourth-order valence-electron chi connectivity index (χ4n) is 2.93. The quantitative estimate of drug-likeness (QED) is 0.368. The van der Waals surface area contributed by atoms with Crippen LogP contribution in [0, 0.1) is 5.92 Å². The number of carbonyl (C=O) groups is 1. The Morgan fingerprint density at radius 3 is 2.68 bits per heavy atom. The average Bonchev–Trinajstić information content (AvgIpc) is 2.61. The van der Waals surface area contributed by atoms with E-state index in [1.807, 2.05) is 66.7 Å². The van der Waals surface area contributed by atoms with Gasteiger partial charge >= 0.3 is 0 Å². The van der Waals surface area contributed by atoms with Crippen LogP contribution in [0.4, 0.5) is 0 Å². The van der Waals surface area contributed by atoms with E-state index >= 15 is 0 Å². The van der Waals surface area contributed by atoms with Gasteiger partial charge in [0.05, 0.1) is 10.2 Å². The summed E-state index contributed by atoms with van der Waals surface area (Å²) in [6.45, 7) is 2.15. The summed E-state index contributed by atoms with van der Waals surface area (Å²) < 4.78 is 6.50. The first-order chi connectivity index (χ1) is 12.0. The number of rotatable bonds is 5. The number of hydrogen-bond acceptors (Lipinski definition) is 2. The van der Waals surface area contributed by atoms with Crippen LogP contribution >= 0.6 is 38.5 Å². The number of Topliss-reactive ketones (excluding diaryl/α,β-unsaturated/α-hetero) is 1. The number of ether oxygens (including phenoxy) is 1. The van der Waals surface area contributed by atoms with Crippen LogP contribution in [-0.2, 0) is 15.7 Å². The van der Waals surface area contributed by atoms with Gasteiger partial charge in [0.1, 0.15) is 18.1 Å². The summed E-state index contributed by atoms with van der Waals surface area (Å²) in [5.74, 6) is 0.680. The van der Waals surface area contributed by atoms with Crippen molar-refractivity contribution in [2.45, 2.75) is 17.9 Å². The summed E-state index contributed by atoms with van der Waals surface area (Å²) in [5.41, 5.74) is 2.13. The van der Waals surface area contributed by atoms with Crippen molar-refractivity contribution in [3.05, 3.63) is 87.5 Å². The highest BCUT2D eigenvalue weighted by atomic mass is 127. The fourth-order valence-corrected chi connectivity index (χ4v) is 5.02. The lowest BCUT2D eigenvalue weighted by Gasteiger charge is -2.33. The van der Waals surface area contributed by atoms with Gasteiger partial charge in [-0.15, -0.1) is 0 Å². The molecule has 2 nitrogen and oxygen atoms in total. The van der Waals surface area contributed by atoms with Crippen LogP contribution in [0.5, 0.6) is 5.75 Å². The van der Waals surface area contributed by atoms with Crippen LogP contribution in [0.25, 0.3) is 0 Å². The minimum Gasteiger partial charge on any atom is -0.489 e. The second-order valence-electron chi connectivity index (χ2n) is 6.05. The molecule has 4 heteroatoms. The van der Waals surface area contributed by atoms with E-state index in [0.29, 0.717) is 6.61 Å². The van der Waals surface area contributed by atoms with Crippen molar-refractivity contribution in [3.63, 3.8) is 0 Å². The predicted octanol–water partition coefficient (Wildman–Crippen LogP) is 5.95. The molecule has 2 aromatic carbocycles. The predicted molar refractivity (Wildman–Crippen MR) is 113 cm³/mol. The van der Waals surface area contributed by atoms with Gasteiger partial charge in [0.2, 0.25) is 0 Å². The van der Waals surface area contributed by atoms with Gasteiger partial charge in [-0.25, -0.2) is 0 Å². The molecule has 0 amide bonds. The van der Waals surface area contributed by atoms with E-state index in [0.717, 1.165) is 20.5 Å². The molecule has 0 bridgehead atoms. The highest BCUT2D eigenvalue weighted by molar-refractivity contribution is 14.1. The maximum absolute atomic E-state index is 12.1. The van der Waals surface area contributed by atoms with E-state index in [9.17, 15) is 4.79 Å². The highest BCUT2D eigenvalue weighted by Crippen LogP contribution is 2.46. The van der Waals surface area contributed by atoms with E-state index in [1.54, 1.807) is 6.92 Å². The number of alkyl halides is 1. The topological polar surface area (TPSA) is 26.3 Å². The zero-order valence-electron chi connectivity index (χ0n) is 13.8. The zero-order valence-corrected chi connectivity index (χ0v) is 17.5. The maximum Gasteiger partial charge on any atom is 0.138 e. The average molecular weight is 509 g/mol. The number of hydrogen-bond donors (Lipinski definition) is 0. The Kier molecular flexibility index (Phi) is 5.79. The lowest BCUT2D eigenvalue weighted by atomic mass is 9.80. The molecule has 3 rings (SSSR count). The molecule has 0 heterocycles. The molecule has 0 saturated heterocycles. The SMILES string of the molecule is CC(=O)C1C=CC(I)=CC1(Br)c1cccc(OCc2ccccc2)c1. The second kappa shape index (κ2) is 7.87. The molecule has 25 heavy (non-hydrogen) atoms. The molecule has 0 aromatic heterocycles. The van der Waals surface area contributed by atoms with Gasteiger partial charge in [-0.3, -0.25) is 4.79 Å². The molecule has 0 fully saturated rings. The van der Waals surface area contributed by atoms with Gasteiger partial charge in [-0.05, 0) is 58.9 Å². The van der Waals surface area contributed by atoms with E-state index in [-0.39, 0.29) is 11.7 Å². The Morgan fingerprint density at radius 1 is 1.20 bits per heavy atom. The van der Waals surface area contributed by atoms with Crippen LogP contribution in [-0.4, -0.2) is 5.78 Å². The van der Waals surface area contributed by atoms with Crippen molar-refractivity contribution in [2.75, 3.05) is 0 Å². The Bertz CT molecular complexity index is 829. The molecule has 0 saturated carbocycles. The normalized spacial score (nSPS) is 22.4. The number of ketones is 1. The molecule has 0 radical (unpaired) electrons. The van der Waals surface area contributed by atoms with Gasteiger partial charge in [0, 0.05) is 3.58 Å². The number of halogens is 2. The Morgan fingerprint density at radius 2 is 1.96 bits per heavy atom. The molecule has 0 aliphatic heterocycles. The third-order valence-corrected chi connectivity index (χ3v) is 6.06. The van der Waals surface area contributed by atoms with Crippen LogP contribution in [0.3, 0.4) is 0 Å². The largest absolute Gasteiger partial charge is 0.489 e. The summed E-state index contributed by atoms with van der Waals surface area (Å²) in [4.78, 5) is 12.1. The lowest BCUT2D eigenvalue weighted by Crippen LogP contribution is -2.32. The van der Waals surface area contributed by atoms with Gasteiger partial charge in [-0.1, -0.05) is 70.5 Å². The summed E-state index contributed by atoms with van der Waals surface area (Å²) in [6.07, 6.45) is 6.05. The van der Waals surface area contributed by atoms with Crippen molar-refractivity contribution in [3.8, 4) is 5.75 Å². The molecule has 128 valence electrons. The van der Waals surface area contributed by atoms with Gasteiger partial charge in [0.15, 0.2) is 0 Å². The lowest BCUT2D eigenvalue weighted by molar-refractivity contribution is -0.119. The third kappa shape index (κ3) is 4.23. The minimum absolute atomic E-state index is 0.129. The molecule has 0 N–H and O–H groups in total. The number of benzene rings is 2.